The van der Waals surface area contributed by atoms with E-state index < -0.39 is 0 Å². The van der Waals surface area contributed by atoms with Gasteiger partial charge in [-0.25, -0.2) is 0 Å². The van der Waals surface area contributed by atoms with Crippen molar-refractivity contribution < 1.29 is 0 Å². The van der Waals surface area contributed by atoms with E-state index in [0.717, 1.165) is 6.42 Å². The maximum absolute atomic E-state index is 4.35. The first-order valence-electron chi connectivity index (χ1n) is 3.97. The zero-order valence-corrected chi connectivity index (χ0v) is 6.62. The maximum atomic E-state index is 4.35. The van der Waals surface area contributed by atoms with Crippen LogP contribution in [0.25, 0.3) is 0 Å². The van der Waals surface area contributed by atoms with E-state index in [2.05, 4.69) is 36.2 Å². The Morgan fingerprint density at radius 1 is 1.36 bits per heavy atom. The molecule has 0 aliphatic carbocycles. The number of hydrogen-bond donors (Lipinski definition) is 0. The highest BCUT2D eigenvalue weighted by Crippen LogP contribution is 2.14. The van der Waals surface area contributed by atoms with E-state index in [4.69, 9.17) is 0 Å². The van der Waals surface area contributed by atoms with E-state index in [-0.39, 0.29) is 0 Å². The van der Waals surface area contributed by atoms with Crippen LogP contribution in [0.15, 0.2) is 29.3 Å². The first-order chi connectivity index (χ1) is 5.36. The van der Waals surface area contributed by atoms with Crippen molar-refractivity contribution in [1.82, 2.24) is 0 Å². The Kier molecular flexibility index (Phi) is 1.50. The molecule has 2 rings (SSSR count). The van der Waals surface area contributed by atoms with Gasteiger partial charge in [0.15, 0.2) is 0 Å². The summed E-state index contributed by atoms with van der Waals surface area (Å²) in [6.45, 7) is 2.15. The van der Waals surface area contributed by atoms with Crippen LogP contribution in [0.2, 0.25) is 0 Å². The molecule has 1 nitrogen and oxygen atoms in total. The summed E-state index contributed by atoms with van der Waals surface area (Å²) in [6.07, 6.45) is 3.07. The van der Waals surface area contributed by atoms with Crippen molar-refractivity contribution in [1.29, 1.82) is 0 Å². The topological polar surface area (TPSA) is 12.4 Å². The van der Waals surface area contributed by atoms with Crippen LogP contribution in [0.5, 0.6) is 0 Å². The van der Waals surface area contributed by atoms with Crippen molar-refractivity contribution in [2.45, 2.75) is 19.4 Å². The lowest BCUT2D eigenvalue weighted by atomic mass is 9.99. The summed E-state index contributed by atoms with van der Waals surface area (Å²) < 4.78 is 0. The number of nitrogens with zero attached hydrogens (tertiary/aromatic N) is 1. The van der Waals surface area contributed by atoms with E-state index in [1.54, 1.807) is 0 Å². The molecule has 1 atom stereocenters. The molecule has 1 heterocycles. The third-order valence-corrected chi connectivity index (χ3v) is 2.04. The molecule has 0 saturated carbocycles. The maximum Gasteiger partial charge on any atom is 0.0512 e. The molecule has 1 aliphatic rings. The Balaban J connectivity index is 2.46. The molecule has 1 unspecified atom stereocenters. The number of hydrogen-bond acceptors (Lipinski definition) is 1. The van der Waals surface area contributed by atoms with Crippen molar-refractivity contribution in [3.05, 3.63) is 35.4 Å². The number of rotatable bonds is 0. The van der Waals surface area contributed by atoms with Gasteiger partial charge in [-0.3, -0.25) is 4.99 Å². The van der Waals surface area contributed by atoms with Crippen LogP contribution in [-0.4, -0.2) is 12.3 Å². The summed E-state index contributed by atoms with van der Waals surface area (Å²) in [7, 11) is 0. The lowest BCUT2D eigenvalue weighted by molar-refractivity contribution is 0.732. The Bertz CT molecular complexity index is 289. The quantitative estimate of drug-likeness (QED) is 0.530. The predicted molar refractivity (Wildman–Crippen MR) is 47.2 cm³/mol. The van der Waals surface area contributed by atoms with Gasteiger partial charge in [0.25, 0.3) is 0 Å². The molecular weight excluding hydrogens is 134 g/mol. The van der Waals surface area contributed by atoms with Gasteiger partial charge in [-0.1, -0.05) is 24.3 Å². The second kappa shape index (κ2) is 2.50. The highest BCUT2D eigenvalue weighted by atomic mass is 14.8. The highest BCUT2D eigenvalue weighted by molar-refractivity contribution is 5.82. The molecule has 11 heavy (non-hydrogen) atoms. The monoisotopic (exact) mass is 145 g/mol. The second-order valence-corrected chi connectivity index (χ2v) is 3.03. The molecule has 0 radical (unpaired) electrons. The highest BCUT2D eigenvalue weighted by Gasteiger charge is 2.08. The molecule has 1 aliphatic heterocycles. The minimum absolute atomic E-state index is 0.463. The van der Waals surface area contributed by atoms with Crippen molar-refractivity contribution in [3.63, 3.8) is 0 Å². The minimum atomic E-state index is 0.463. The largest absolute Gasteiger partial charge is 0.289 e. The van der Waals surface area contributed by atoms with Crippen LogP contribution >= 0.6 is 0 Å². The van der Waals surface area contributed by atoms with E-state index in [1.807, 2.05) is 6.21 Å². The van der Waals surface area contributed by atoms with Gasteiger partial charge in [0.2, 0.25) is 0 Å². The van der Waals surface area contributed by atoms with Crippen molar-refractivity contribution in [2.75, 3.05) is 0 Å². The average Bonchev–Trinajstić information content (AvgIpc) is 2.04. The summed E-state index contributed by atoms with van der Waals surface area (Å²) in [5.41, 5.74) is 2.71. The molecule has 0 N–H and O–H groups in total. The SMILES string of the molecule is CC1Cc2ccccc2C=N1. The second-order valence-electron chi connectivity index (χ2n) is 3.03. The van der Waals surface area contributed by atoms with Crippen LogP contribution in [-0.2, 0) is 6.42 Å². The average molecular weight is 145 g/mol. The fraction of sp³-hybridized carbons (Fsp3) is 0.300. The van der Waals surface area contributed by atoms with Gasteiger partial charge in [-0.05, 0) is 24.5 Å². The molecule has 1 aromatic carbocycles. The van der Waals surface area contributed by atoms with Crippen LogP contribution < -0.4 is 0 Å². The van der Waals surface area contributed by atoms with Gasteiger partial charge in [0, 0.05) is 6.21 Å². The van der Waals surface area contributed by atoms with E-state index in [0.29, 0.717) is 6.04 Å². The summed E-state index contributed by atoms with van der Waals surface area (Å²) in [5.74, 6) is 0. The van der Waals surface area contributed by atoms with E-state index in [9.17, 15) is 0 Å². The third-order valence-electron chi connectivity index (χ3n) is 2.04. The van der Waals surface area contributed by atoms with Crippen LogP contribution in [0, 0.1) is 0 Å². The smallest absolute Gasteiger partial charge is 0.0512 e. The summed E-state index contributed by atoms with van der Waals surface area (Å²) >= 11 is 0. The van der Waals surface area contributed by atoms with E-state index in [1.165, 1.54) is 11.1 Å². The molecule has 0 saturated heterocycles. The summed E-state index contributed by atoms with van der Waals surface area (Å²) in [6, 6.07) is 8.90. The lowest BCUT2D eigenvalue weighted by Gasteiger charge is -2.14. The fourth-order valence-corrected chi connectivity index (χ4v) is 1.42. The minimum Gasteiger partial charge on any atom is -0.289 e. The Hall–Kier alpha value is -1.11. The van der Waals surface area contributed by atoms with Crippen LogP contribution in [0.1, 0.15) is 18.1 Å². The molecule has 0 amide bonds. The number of aliphatic imine (C=N–C) groups is 1. The van der Waals surface area contributed by atoms with Crippen molar-refractivity contribution in [2.24, 2.45) is 4.99 Å². The predicted octanol–water partition coefficient (Wildman–Crippen LogP) is 2.05. The normalized spacial score (nSPS) is 21.4. The molecule has 1 aromatic rings. The first kappa shape index (κ1) is 6.59. The third kappa shape index (κ3) is 1.18. The molecule has 0 fully saturated rings. The fourth-order valence-electron chi connectivity index (χ4n) is 1.42. The van der Waals surface area contributed by atoms with Crippen molar-refractivity contribution >= 4 is 6.21 Å². The van der Waals surface area contributed by atoms with Gasteiger partial charge in [-0.15, -0.1) is 0 Å². The zero-order valence-electron chi connectivity index (χ0n) is 6.62. The molecule has 56 valence electrons. The van der Waals surface area contributed by atoms with Crippen LogP contribution in [0.4, 0.5) is 0 Å². The summed E-state index contributed by atoms with van der Waals surface area (Å²) in [4.78, 5) is 4.35. The molecule has 0 spiro atoms. The Labute approximate surface area is 66.8 Å². The van der Waals surface area contributed by atoms with E-state index >= 15 is 0 Å². The number of fused-ring (bicyclic) bond motifs is 1. The Morgan fingerprint density at radius 2 is 2.18 bits per heavy atom. The number of benzene rings is 1. The standard InChI is InChI=1S/C10H11N/c1-8-6-9-4-2-3-5-10(9)7-11-8/h2-5,7-8H,6H2,1H3. The van der Waals surface area contributed by atoms with Gasteiger partial charge >= 0.3 is 0 Å². The first-order valence-corrected chi connectivity index (χ1v) is 3.97. The van der Waals surface area contributed by atoms with Gasteiger partial charge in [0.1, 0.15) is 0 Å². The summed E-state index contributed by atoms with van der Waals surface area (Å²) in [5, 5.41) is 0. The van der Waals surface area contributed by atoms with Gasteiger partial charge in [-0.2, -0.15) is 0 Å². The molecule has 1 heteroatoms. The molecule has 0 bridgehead atoms. The van der Waals surface area contributed by atoms with Gasteiger partial charge in [0.05, 0.1) is 6.04 Å². The molecular formula is C10H11N. The van der Waals surface area contributed by atoms with Crippen LogP contribution in [0.3, 0.4) is 0 Å². The van der Waals surface area contributed by atoms with Gasteiger partial charge < -0.3 is 0 Å². The molecule has 0 aromatic heterocycles. The zero-order chi connectivity index (χ0) is 7.68. The van der Waals surface area contributed by atoms with Crippen molar-refractivity contribution in [3.8, 4) is 0 Å². The lowest BCUT2D eigenvalue weighted by Crippen LogP contribution is -2.10. The Morgan fingerprint density at radius 3 is 3.09 bits per heavy atom.